The van der Waals surface area contributed by atoms with E-state index in [1.54, 1.807) is 11.4 Å². The van der Waals surface area contributed by atoms with Crippen molar-refractivity contribution in [2.24, 2.45) is 11.8 Å². The van der Waals surface area contributed by atoms with Crippen molar-refractivity contribution in [3.63, 3.8) is 0 Å². The van der Waals surface area contributed by atoms with Crippen molar-refractivity contribution in [3.05, 3.63) is 58.7 Å². The third-order valence-electron chi connectivity index (χ3n) is 7.60. The lowest BCUT2D eigenvalue weighted by Gasteiger charge is -2.37. The number of carbonyl (C=O) groups excluding carboxylic acids is 1. The minimum absolute atomic E-state index is 0.152. The molecule has 7 heteroatoms. The van der Waals surface area contributed by atoms with Crippen LogP contribution in [0.3, 0.4) is 0 Å². The van der Waals surface area contributed by atoms with Crippen molar-refractivity contribution in [2.45, 2.75) is 70.9 Å². The van der Waals surface area contributed by atoms with Crippen molar-refractivity contribution in [2.75, 3.05) is 20.2 Å². The number of piperidine rings is 1. The zero-order valence-electron chi connectivity index (χ0n) is 21.6. The molecule has 1 unspecified atom stereocenters. The van der Waals surface area contributed by atoms with Gasteiger partial charge in [-0.2, -0.15) is 4.31 Å². The number of sulfonamides is 1. The summed E-state index contributed by atoms with van der Waals surface area (Å²) in [5, 5.41) is 0. The molecule has 6 nitrogen and oxygen atoms in total. The molecule has 0 aromatic heterocycles. The van der Waals surface area contributed by atoms with Crippen LogP contribution in [0.15, 0.2) is 41.3 Å². The van der Waals surface area contributed by atoms with E-state index in [9.17, 15) is 13.2 Å². The third kappa shape index (κ3) is 5.56. The zero-order chi connectivity index (χ0) is 25.3. The lowest BCUT2D eigenvalue weighted by atomic mass is 9.95. The van der Waals surface area contributed by atoms with E-state index in [0.717, 1.165) is 28.0 Å². The highest BCUT2D eigenvalue weighted by Gasteiger charge is 2.39. The van der Waals surface area contributed by atoms with Crippen LogP contribution in [0.2, 0.25) is 0 Å². The van der Waals surface area contributed by atoms with Gasteiger partial charge in [-0.3, -0.25) is 4.79 Å². The molecule has 1 saturated carbocycles. The number of nitrogens with zero attached hydrogens (tertiary/aromatic N) is 2. The average molecular weight is 499 g/mol. The van der Waals surface area contributed by atoms with Gasteiger partial charge in [-0.05, 0) is 88.1 Å². The standard InChI is InChI=1S/C28H38N2O4S/c1-19-16-20(2)27(21(3)17-19)35(32,33)29-14-12-25(13-15-29)28(31)30(22(4)24-8-9-24)18-23-6-10-26(34-5)11-7-23/h6-7,10-11,16-17,22,24-25H,8-9,12-15,18H2,1-5H3. The number of carbonyl (C=O) groups is 1. The van der Waals surface area contributed by atoms with Gasteiger partial charge in [0.15, 0.2) is 0 Å². The van der Waals surface area contributed by atoms with Crippen LogP contribution in [0, 0.1) is 32.6 Å². The fourth-order valence-corrected chi connectivity index (χ4v) is 7.35. The Balaban J connectivity index is 1.47. The van der Waals surface area contributed by atoms with Crippen LogP contribution in [0.25, 0.3) is 0 Å². The first-order valence-electron chi connectivity index (χ1n) is 12.6. The molecule has 2 aromatic rings. The van der Waals surface area contributed by atoms with Crippen LogP contribution >= 0.6 is 0 Å². The number of amides is 1. The van der Waals surface area contributed by atoms with Crippen molar-refractivity contribution in [3.8, 4) is 5.75 Å². The van der Waals surface area contributed by atoms with E-state index < -0.39 is 10.0 Å². The Labute approximate surface area is 210 Å². The Bertz CT molecular complexity index is 1140. The van der Waals surface area contributed by atoms with Gasteiger partial charge < -0.3 is 9.64 Å². The van der Waals surface area contributed by atoms with E-state index >= 15 is 0 Å². The van der Waals surface area contributed by atoms with Gasteiger partial charge in [0.25, 0.3) is 0 Å². The lowest BCUT2D eigenvalue weighted by Crippen LogP contribution is -2.47. The van der Waals surface area contributed by atoms with Crippen molar-refractivity contribution >= 4 is 15.9 Å². The summed E-state index contributed by atoms with van der Waals surface area (Å²) in [6.45, 7) is 9.18. The molecule has 190 valence electrons. The third-order valence-corrected chi connectivity index (χ3v) is 9.80. The maximum absolute atomic E-state index is 13.7. The van der Waals surface area contributed by atoms with E-state index in [1.807, 2.05) is 62.1 Å². The van der Waals surface area contributed by atoms with Gasteiger partial charge in [-0.1, -0.05) is 29.8 Å². The monoisotopic (exact) mass is 498 g/mol. The SMILES string of the molecule is COc1ccc(CN(C(=O)C2CCN(S(=O)(=O)c3c(C)cc(C)cc3C)CC2)C(C)C2CC2)cc1. The van der Waals surface area contributed by atoms with Crippen LogP contribution in [0.5, 0.6) is 5.75 Å². The van der Waals surface area contributed by atoms with Gasteiger partial charge in [0.1, 0.15) is 5.75 Å². The highest BCUT2D eigenvalue weighted by molar-refractivity contribution is 7.89. The summed E-state index contributed by atoms with van der Waals surface area (Å²) >= 11 is 0. The van der Waals surface area contributed by atoms with Crippen LogP contribution in [0.4, 0.5) is 0 Å². The van der Waals surface area contributed by atoms with Gasteiger partial charge in [0, 0.05) is 31.6 Å². The predicted octanol–water partition coefficient (Wildman–Crippen LogP) is 4.85. The molecule has 4 rings (SSSR count). The Hall–Kier alpha value is -2.38. The summed E-state index contributed by atoms with van der Waals surface area (Å²) < 4.78 is 33.8. The summed E-state index contributed by atoms with van der Waals surface area (Å²) in [6.07, 6.45) is 3.44. The highest BCUT2D eigenvalue weighted by atomic mass is 32.2. The Kier molecular flexibility index (Phi) is 7.57. The Morgan fingerprint density at radius 1 is 1.03 bits per heavy atom. The van der Waals surface area contributed by atoms with E-state index in [1.165, 1.54) is 12.8 Å². The molecule has 35 heavy (non-hydrogen) atoms. The van der Waals surface area contributed by atoms with Crippen LogP contribution < -0.4 is 4.74 Å². The fourth-order valence-electron chi connectivity index (χ4n) is 5.46. The van der Waals surface area contributed by atoms with E-state index in [-0.39, 0.29) is 17.9 Å². The molecule has 1 aliphatic heterocycles. The molecular weight excluding hydrogens is 460 g/mol. The molecular formula is C28H38N2O4S. The van der Waals surface area contributed by atoms with E-state index in [2.05, 4.69) is 6.92 Å². The van der Waals surface area contributed by atoms with Crippen molar-refractivity contribution in [1.29, 1.82) is 0 Å². The fraction of sp³-hybridized carbons (Fsp3) is 0.536. The number of hydrogen-bond donors (Lipinski definition) is 0. The zero-order valence-corrected chi connectivity index (χ0v) is 22.4. The molecule has 0 spiro atoms. The molecule has 0 N–H and O–H groups in total. The van der Waals surface area contributed by atoms with Crippen molar-refractivity contribution < 1.29 is 17.9 Å². The largest absolute Gasteiger partial charge is 0.497 e. The van der Waals surface area contributed by atoms with Gasteiger partial charge >= 0.3 is 0 Å². The molecule has 0 radical (unpaired) electrons. The van der Waals surface area contributed by atoms with Gasteiger partial charge in [0.05, 0.1) is 12.0 Å². The van der Waals surface area contributed by atoms with Crippen molar-refractivity contribution in [1.82, 2.24) is 9.21 Å². The molecule has 2 aromatic carbocycles. The topological polar surface area (TPSA) is 66.9 Å². The maximum atomic E-state index is 13.7. The molecule has 1 saturated heterocycles. The summed E-state index contributed by atoms with van der Waals surface area (Å²) in [5.74, 6) is 1.36. The Morgan fingerprint density at radius 3 is 2.11 bits per heavy atom. The minimum Gasteiger partial charge on any atom is -0.497 e. The summed E-state index contributed by atoms with van der Waals surface area (Å²) in [4.78, 5) is 16.1. The number of benzene rings is 2. The predicted molar refractivity (Wildman–Crippen MR) is 138 cm³/mol. The van der Waals surface area contributed by atoms with Gasteiger partial charge in [-0.15, -0.1) is 0 Å². The molecule has 1 aliphatic carbocycles. The average Bonchev–Trinajstić information content (AvgIpc) is 3.67. The van der Waals surface area contributed by atoms with Gasteiger partial charge in [0.2, 0.25) is 15.9 Å². The smallest absolute Gasteiger partial charge is 0.243 e. The second-order valence-electron chi connectivity index (χ2n) is 10.3. The molecule has 2 fully saturated rings. The first kappa shape index (κ1) is 25.7. The number of ether oxygens (including phenoxy) is 1. The lowest BCUT2D eigenvalue weighted by molar-refractivity contribution is -0.140. The van der Waals surface area contributed by atoms with Crippen LogP contribution in [0.1, 0.15) is 54.9 Å². The number of aryl methyl sites for hydroxylation is 3. The Morgan fingerprint density at radius 2 is 1.60 bits per heavy atom. The van der Waals surface area contributed by atoms with Gasteiger partial charge in [-0.25, -0.2) is 8.42 Å². The number of rotatable bonds is 8. The molecule has 1 amide bonds. The molecule has 2 aliphatic rings. The van der Waals surface area contributed by atoms with Crippen LogP contribution in [-0.4, -0.2) is 49.8 Å². The van der Waals surface area contributed by atoms with Crippen LogP contribution in [-0.2, 0) is 21.4 Å². The first-order valence-corrected chi connectivity index (χ1v) is 14.1. The highest BCUT2D eigenvalue weighted by Crippen LogP contribution is 2.37. The number of methoxy groups -OCH3 is 1. The normalized spacial score (nSPS) is 18.3. The molecule has 0 bridgehead atoms. The summed E-state index contributed by atoms with van der Waals surface area (Å²) in [5.41, 5.74) is 3.70. The second kappa shape index (κ2) is 10.3. The minimum atomic E-state index is -3.59. The van der Waals surface area contributed by atoms with E-state index in [4.69, 9.17) is 4.74 Å². The number of hydrogen-bond acceptors (Lipinski definition) is 4. The second-order valence-corrected chi connectivity index (χ2v) is 12.2. The van der Waals surface area contributed by atoms with E-state index in [0.29, 0.717) is 43.3 Å². The molecule has 1 atom stereocenters. The summed E-state index contributed by atoms with van der Waals surface area (Å²) in [6, 6.07) is 11.9. The maximum Gasteiger partial charge on any atom is 0.243 e. The molecule has 1 heterocycles. The summed E-state index contributed by atoms with van der Waals surface area (Å²) in [7, 11) is -1.94. The first-order chi connectivity index (χ1) is 16.6. The quantitative estimate of drug-likeness (QED) is 0.522.